The Kier molecular flexibility index (Phi) is 7.13. The van der Waals surface area contributed by atoms with Crippen LogP contribution in [0.1, 0.15) is 32.3 Å². The second-order valence-corrected chi connectivity index (χ2v) is 11.3. The van der Waals surface area contributed by atoms with Gasteiger partial charge in [0.1, 0.15) is 0 Å². The van der Waals surface area contributed by atoms with Gasteiger partial charge in [0.05, 0.1) is 9.20 Å². The number of para-hydroxylation sites is 1. The van der Waals surface area contributed by atoms with Gasteiger partial charge in [-0.05, 0) is 55.7 Å². The summed E-state index contributed by atoms with van der Waals surface area (Å²) in [6.07, 6.45) is 11.4. The number of aromatic nitrogens is 1. The van der Waals surface area contributed by atoms with Crippen molar-refractivity contribution in [3.8, 4) is 0 Å². The minimum Gasteiger partial charge on any atom is -0.324 e. The average Bonchev–Trinajstić information content (AvgIpc) is 3.35. The predicted octanol–water partition coefficient (Wildman–Crippen LogP) is 3.55. The van der Waals surface area contributed by atoms with Gasteiger partial charge in [-0.1, -0.05) is 36.8 Å². The fourth-order valence-corrected chi connectivity index (χ4v) is 6.93. The summed E-state index contributed by atoms with van der Waals surface area (Å²) in [5.41, 5.74) is 3.49. The van der Waals surface area contributed by atoms with Crippen molar-refractivity contribution in [1.29, 1.82) is 0 Å². The molecule has 174 valence electrons. The maximum atomic E-state index is 13.0. The molecule has 1 N–H and O–H groups in total. The van der Waals surface area contributed by atoms with Crippen molar-refractivity contribution in [3.05, 3.63) is 77.7 Å². The number of nitrogens with zero attached hydrogens (tertiary/aromatic N) is 2. The molecular weight excluding hydrogens is 476 g/mol. The number of anilines is 1. The molecule has 0 amide bonds. The third-order valence-electron chi connectivity index (χ3n) is 5.61. The number of hydrogen-bond donors (Lipinski definition) is 1. The molecule has 0 atom stereocenters. The molecule has 0 spiro atoms. The highest BCUT2D eigenvalue weighted by atomic mass is 32.2. The number of fused-ring (bicyclic) bond motifs is 1. The van der Waals surface area contributed by atoms with Crippen molar-refractivity contribution in [3.63, 3.8) is 0 Å². The molecule has 4 rings (SSSR count). The second kappa shape index (κ2) is 9.89. The molecule has 0 aliphatic carbocycles. The van der Waals surface area contributed by atoms with Crippen LogP contribution in [-0.2, 0) is 16.7 Å². The van der Waals surface area contributed by atoms with Gasteiger partial charge in [-0.3, -0.25) is 13.9 Å². The topological polar surface area (TPSA) is 79.6 Å². The van der Waals surface area contributed by atoms with Crippen LogP contribution in [0.2, 0.25) is 0 Å². The molecule has 1 aromatic heterocycles. The van der Waals surface area contributed by atoms with E-state index in [4.69, 9.17) is 0 Å². The van der Waals surface area contributed by atoms with Crippen molar-refractivity contribution < 1.29 is 13.0 Å². The van der Waals surface area contributed by atoms with Crippen LogP contribution in [0.5, 0.6) is 0 Å². The average molecular weight is 503 g/mol. The van der Waals surface area contributed by atoms with Crippen molar-refractivity contribution in [1.82, 2.24) is 4.57 Å². The molecular formula is C24H26N2O4S3. The van der Waals surface area contributed by atoms with E-state index in [2.05, 4.69) is 13.0 Å². The zero-order chi connectivity index (χ0) is 23.6. The first-order valence-corrected chi connectivity index (χ1v) is 14.2. The highest BCUT2D eigenvalue weighted by Crippen LogP contribution is 2.34. The van der Waals surface area contributed by atoms with E-state index < -0.39 is 16.0 Å². The van der Waals surface area contributed by atoms with Crippen LogP contribution in [0.25, 0.3) is 18.2 Å². The molecule has 6 nitrogen and oxygen atoms in total. The van der Waals surface area contributed by atoms with E-state index in [1.165, 1.54) is 26.7 Å². The Morgan fingerprint density at radius 1 is 1.15 bits per heavy atom. The Bertz CT molecular complexity index is 1440. The zero-order valence-corrected chi connectivity index (χ0v) is 21.0. The molecule has 9 heteroatoms. The van der Waals surface area contributed by atoms with E-state index in [1.54, 1.807) is 28.9 Å². The smallest absolute Gasteiger partial charge is 0.283 e. The van der Waals surface area contributed by atoms with Gasteiger partial charge in [-0.25, -0.2) is 0 Å². The third kappa shape index (κ3) is 5.27. The lowest BCUT2D eigenvalue weighted by Gasteiger charge is -2.28. The van der Waals surface area contributed by atoms with Crippen molar-refractivity contribution >= 4 is 57.1 Å². The van der Waals surface area contributed by atoms with Crippen LogP contribution < -0.4 is 19.7 Å². The minimum absolute atomic E-state index is 0.0613. The summed E-state index contributed by atoms with van der Waals surface area (Å²) < 4.78 is 36.1. The molecule has 3 heterocycles. The van der Waals surface area contributed by atoms with Crippen molar-refractivity contribution in [2.24, 2.45) is 0 Å². The third-order valence-corrected chi connectivity index (χ3v) is 8.40. The highest BCUT2D eigenvalue weighted by molar-refractivity contribution is 8.03. The SMILES string of the molecule is CCC1=C(C=c2s/c(=C\C=C3\C=Cc4ccccc4N3CS(=O)(=O)O)c(=O)n2CC)SCC1. The van der Waals surface area contributed by atoms with Gasteiger partial charge in [0.2, 0.25) is 0 Å². The largest absolute Gasteiger partial charge is 0.324 e. The number of hydrogen-bond acceptors (Lipinski definition) is 6. The van der Waals surface area contributed by atoms with Crippen LogP contribution in [0, 0.1) is 0 Å². The normalized spacial score (nSPS) is 18.6. The highest BCUT2D eigenvalue weighted by Gasteiger charge is 2.21. The summed E-state index contributed by atoms with van der Waals surface area (Å²) in [6.45, 7) is 4.70. The Morgan fingerprint density at radius 2 is 1.94 bits per heavy atom. The summed E-state index contributed by atoms with van der Waals surface area (Å²) in [6, 6.07) is 7.37. The quantitative estimate of drug-likeness (QED) is 0.609. The summed E-state index contributed by atoms with van der Waals surface area (Å²) in [5.74, 6) is 0.515. The van der Waals surface area contributed by atoms with Gasteiger partial charge in [-0.15, -0.1) is 23.1 Å². The molecule has 1 aromatic carbocycles. The summed E-state index contributed by atoms with van der Waals surface area (Å²) >= 11 is 3.27. The first-order valence-electron chi connectivity index (χ1n) is 10.8. The molecule has 2 aliphatic rings. The molecule has 2 aromatic rings. The number of allylic oxidation sites excluding steroid dienone is 4. The molecule has 0 bridgehead atoms. The lowest BCUT2D eigenvalue weighted by molar-refractivity contribution is 0.483. The van der Waals surface area contributed by atoms with Gasteiger partial charge in [0.25, 0.3) is 15.7 Å². The van der Waals surface area contributed by atoms with E-state index in [0.29, 0.717) is 22.5 Å². The Labute approximate surface area is 201 Å². The number of benzene rings is 1. The standard InChI is InChI=1S/C24H26N2O4S3/c1-3-17-13-14-31-22(17)15-23-25(4-2)24(27)21(32-23)12-11-19-10-9-18-7-5-6-8-20(18)26(19)16-33(28,29)30/h5-12,15H,3-4,13-14,16H2,1-2H3,(H,28,29,30)/b19-11-,21-12-,23-15?. The molecule has 0 saturated carbocycles. The molecule has 0 fully saturated rings. The Morgan fingerprint density at radius 3 is 2.67 bits per heavy atom. The van der Waals surface area contributed by atoms with Crippen molar-refractivity contribution in [2.45, 2.75) is 33.2 Å². The Balaban J connectivity index is 1.80. The summed E-state index contributed by atoms with van der Waals surface area (Å²) in [7, 11) is -4.26. The van der Waals surface area contributed by atoms with E-state index in [-0.39, 0.29) is 5.56 Å². The van der Waals surface area contributed by atoms with Gasteiger partial charge in [0.15, 0.2) is 5.88 Å². The molecule has 0 unspecified atom stereocenters. The fraction of sp³-hybridized carbons (Fsp3) is 0.292. The van der Waals surface area contributed by atoms with Crippen LogP contribution in [0.15, 0.2) is 57.4 Å². The Hall–Kier alpha value is -2.33. The monoisotopic (exact) mass is 502 g/mol. The minimum atomic E-state index is -4.26. The lowest BCUT2D eigenvalue weighted by atomic mass is 10.1. The van der Waals surface area contributed by atoms with Gasteiger partial charge >= 0.3 is 0 Å². The van der Waals surface area contributed by atoms with Crippen LogP contribution in [-0.4, -0.2) is 29.2 Å². The maximum Gasteiger partial charge on any atom is 0.283 e. The number of thiazole rings is 1. The summed E-state index contributed by atoms with van der Waals surface area (Å²) in [5, 5.41) is 0. The molecule has 2 aliphatic heterocycles. The fourth-order valence-electron chi connectivity index (χ4n) is 3.97. The first kappa shape index (κ1) is 23.8. The van der Waals surface area contributed by atoms with E-state index in [0.717, 1.165) is 28.8 Å². The number of thioether (sulfide) groups is 1. The number of rotatable bonds is 6. The van der Waals surface area contributed by atoms with E-state index in [9.17, 15) is 17.8 Å². The van der Waals surface area contributed by atoms with E-state index in [1.807, 2.05) is 43.0 Å². The summed E-state index contributed by atoms with van der Waals surface area (Å²) in [4.78, 5) is 15.8. The molecule has 0 saturated heterocycles. The van der Waals surface area contributed by atoms with E-state index >= 15 is 0 Å². The second-order valence-electron chi connectivity index (χ2n) is 7.71. The first-order chi connectivity index (χ1) is 15.8. The predicted molar refractivity (Wildman–Crippen MR) is 139 cm³/mol. The lowest BCUT2D eigenvalue weighted by Crippen LogP contribution is -2.31. The maximum absolute atomic E-state index is 13.0. The van der Waals surface area contributed by atoms with Crippen LogP contribution in [0.4, 0.5) is 5.69 Å². The van der Waals surface area contributed by atoms with Crippen LogP contribution in [0.3, 0.4) is 0 Å². The van der Waals surface area contributed by atoms with Crippen molar-refractivity contribution in [2.75, 3.05) is 16.5 Å². The zero-order valence-electron chi connectivity index (χ0n) is 18.5. The van der Waals surface area contributed by atoms with Gasteiger partial charge in [-0.2, -0.15) is 8.42 Å². The van der Waals surface area contributed by atoms with Gasteiger partial charge in [0, 0.05) is 28.6 Å². The van der Waals surface area contributed by atoms with Crippen LogP contribution >= 0.6 is 23.1 Å². The molecule has 0 radical (unpaired) electrons. The molecule has 33 heavy (non-hydrogen) atoms. The van der Waals surface area contributed by atoms with Gasteiger partial charge < -0.3 is 4.90 Å².